The summed E-state index contributed by atoms with van der Waals surface area (Å²) in [6.45, 7) is 4.49. The summed E-state index contributed by atoms with van der Waals surface area (Å²) in [5.74, 6) is 0.211. The van der Waals surface area contributed by atoms with Crippen LogP contribution in [0.15, 0.2) is 52.5 Å². The summed E-state index contributed by atoms with van der Waals surface area (Å²) in [5, 5.41) is 12.2. The maximum atomic E-state index is 12.5. The number of nitrogens with one attached hydrogen (secondary N) is 1. The lowest BCUT2D eigenvalue weighted by molar-refractivity contribution is -0.112. The van der Waals surface area contributed by atoms with Crippen LogP contribution in [0.5, 0.6) is 5.75 Å². The van der Waals surface area contributed by atoms with Gasteiger partial charge in [-0.3, -0.25) is 4.79 Å². The van der Waals surface area contributed by atoms with Gasteiger partial charge in [-0.1, -0.05) is 41.1 Å². The number of carbonyl (C=O) groups is 1. The number of carbonyl (C=O) groups excluding carboxylic acids is 1. The number of hydrogen-bond acceptors (Lipinski definition) is 3. The lowest BCUT2D eigenvalue weighted by Gasteiger charge is -2.10. The second-order valence-corrected chi connectivity index (χ2v) is 6.39. The summed E-state index contributed by atoms with van der Waals surface area (Å²) < 4.78 is 6.60. The minimum atomic E-state index is -0.446. The molecule has 0 fully saturated rings. The first-order valence-electron chi connectivity index (χ1n) is 7.96. The summed E-state index contributed by atoms with van der Waals surface area (Å²) in [6.07, 6.45) is 2.43. The van der Waals surface area contributed by atoms with Crippen LogP contribution in [0.2, 0.25) is 0 Å². The maximum absolute atomic E-state index is 12.5. The van der Waals surface area contributed by atoms with Gasteiger partial charge in [0.25, 0.3) is 5.91 Å². The van der Waals surface area contributed by atoms with Crippen molar-refractivity contribution >= 4 is 33.6 Å². The summed E-state index contributed by atoms with van der Waals surface area (Å²) in [4.78, 5) is 12.5. The monoisotopic (exact) mass is 398 g/mol. The van der Waals surface area contributed by atoms with Crippen molar-refractivity contribution in [2.75, 3.05) is 11.9 Å². The molecule has 2 aromatic carbocycles. The molecule has 0 spiro atoms. The van der Waals surface area contributed by atoms with Gasteiger partial charge in [0, 0.05) is 15.7 Å². The Balaban J connectivity index is 2.25. The Kier molecular flexibility index (Phi) is 6.79. The third-order valence-corrected chi connectivity index (χ3v) is 3.98. The van der Waals surface area contributed by atoms with Crippen molar-refractivity contribution in [1.29, 1.82) is 5.26 Å². The average molecular weight is 399 g/mol. The second-order valence-electron chi connectivity index (χ2n) is 5.47. The molecule has 2 rings (SSSR count). The fraction of sp³-hybridized carbons (Fsp3) is 0.200. The van der Waals surface area contributed by atoms with Crippen LogP contribution < -0.4 is 10.1 Å². The highest BCUT2D eigenvalue weighted by Crippen LogP contribution is 2.23. The molecule has 0 atom stereocenters. The number of para-hydroxylation sites is 1. The van der Waals surface area contributed by atoms with Crippen LogP contribution in [0.3, 0.4) is 0 Å². The van der Waals surface area contributed by atoms with Gasteiger partial charge in [-0.2, -0.15) is 5.26 Å². The topological polar surface area (TPSA) is 62.1 Å². The van der Waals surface area contributed by atoms with Crippen molar-refractivity contribution < 1.29 is 9.53 Å². The molecule has 0 aromatic heterocycles. The van der Waals surface area contributed by atoms with Gasteiger partial charge in [-0.25, -0.2) is 0 Å². The number of nitriles is 1. The van der Waals surface area contributed by atoms with Crippen LogP contribution in [0.1, 0.15) is 24.5 Å². The quantitative estimate of drug-likeness (QED) is 0.544. The largest absolute Gasteiger partial charge is 0.493 e. The van der Waals surface area contributed by atoms with Crippen molar-refractivity contribution in [3.05, 3.63) is 63.6 Å². The van der Waals surface area contributed by atoms with Crippen LogP contribution >= 0.6 is 15.9 Å². The van der Waals surface area contributed by atoms with E-state index < -0.39 is 5.91 Å². The number of nitrogens with zero attached hydrogens (tertiary/aromatic N) is 1. The molecule has 0 radical (unpaired) electrons. The smallest absolute Gasteiger partial charge is 0.266 e. The van der Waals surface area contributed by atoms with Crippen molar-refractivity contribution in [3.8, 4) is 11.8 Å². The van der Waals surface area contributed by atoms with Gasteiger partial charge in [-0.05, 0) is 49.2 Å². The fourth-order valence-electron chi connectivity index (χ4n) is 2.20. The molecule has 1 N–H and O–H groups in total. The summed E-state index contributed by atoms with van der Waals surface area (Å²) >= 11 is 3.39. The van der Waals surface area contributed by atoms with Crippen molar-refractivity contribution in [2.45, 2.75) is 20.3 Å². The van der Waals surface area contributed by atoms with E-state index in [-0.39, 0.29) is 5.57 Å². The third-order valence-electron chi connectivity index (χ3n) is 3.48. The standard InChI is InChI=1S/C20H19BrN2O2/c1-3-10-25-19-7-5-4-6-15(19)12-16(13-22)20(24)23-18-9-8-17(21)11-14(18)2/h4-9,11-12H,3,10H2,1-2H3,(H,23,24)/b16-12+. The molecule has 0 unspecified atom stereocenters. The van der Waals surface area contributed by atoms with Crippen molar-refractivity contribution in [2.24, 2.45) is 0 Å². The Morgan fingerprint density at radius 3 is 2.76 bits per heavy atom. The van der Waals surface area contributed by atoms with E-state index in [9.17, 15) is 10.1 Å². The molecule has 128 valence electrons. The second kappa shape index (κ2) is 9.05. The molecular weight excluding hydrogens is 380 g/mol. The normalized spacial score (nSPS) is 10.9. The number of hydrogen-bond donors (Lipinski definition) is 1. The van der Waals surface area contributed by atoms with E-state index in [1.54, 1.807) is 12.1 Å². The number of aryl methyl sites for hydroxylation is 1. The van der Waals surface area contributed by atoms with Gasteiger partial charge in [0.1, 0.15) is 17.4 Å². The van der Waals surface area contributed by atoms with Crippen LogP contribution in [0.4, 0.5) is 5.69 Å². The van der Waals surface area contributed by atoms with Crippen LogP contribution in [-0.2, 0) is 4.79 Å². The molecule has 0 saturated carbocycles. The number of benzene rings is 2. The van der Waals surface area contributed by atoms with E-state index in [0.29, 0.717) is 23.6 Å². The molecule has 0 aliphatic heterocycles. The van der Waals surface area contributed by atoms with Gasteiger partial charge >= 0.3 is 0 Å². The van der Waals surface area contributed by atoms with E-state index in [1.165, 1.54) is 0 Å². The fourth-order valence-corrected chi connectivity index (χ4v) is 2.68. The maximum Gasteiger partial charge on any atom is 0.266 e. The summed E-state index contributed by atoms with van der Waals surface area (Å²) in [7, 11) is 0. The predicted molar refractivity (Wildman–Crippen MR) is 103 cm³/mol. The number of amides is 1. The molecule has 0 aliphatic carbocycles. The predicted octanol–water partition coefficient (Wildman–Crippen LogP) is 5.09. The molecule has 25 heavy (non-hydrogen) atoms. The van der Waals surface area contributed by atoms with Crippen LogP contribution in [-0.4, -0.2) is 12.5 Å². The lowest BCUT2D eigenvalue weighted by Crippen LogP contribution is -2.14. The molecule has 0 bridgehead atoms. The zero-order chi connectivity index (χ0) is 18.2. The van der Waals surface area contributed by atoms with E-state index in [0.717, 1.165) is 16.5 Å². The Morgan fingerprint density at radius 1 is 1.32 bits per heavy atom. The Bertz CT molecular complexity index is 838. The zero-order valence-electron chi connectivity index (χ0n) is 14.2. The minimum Gasteiger partial charge on any atom is -0.493 e. The number of rotatable bonds is 6. The van der Waals surface area contributed by atoms with E-state index >= 15 is 0 Å². The highest BCUT2D eigenvalue weighted by molar-refractivity contribution is 9.10. The first kappa shape index (κ1) is 18.8. The molecule has 5 heteroatoms. The summed E-state index contributed by atoms with van der Waals surface area (Å²) in [5.41, 5.74) is 2.31. The molecule has 1 amide bonds. The van der Waals surface area contributed by atoms with Gasteiger partial charge < -0.3 is 10.1 Å². The molecular formula is C20H19BrN2O2. The first-order valence-corrected chi connectivity index (χ1v) is 8.75. The lowest BCUT2D eigenvalue weighted by atomic mass is 10.1. The van der Waals surface area contributed by atoms with Gasteiger partial charge in [0.15, 0.2) is 0 Å². The van der Waals surface area contributed by atoms with Crippen LogP contribution in [0, 0.1) is 18.3 Å². The molecule has 0 heterocycles. The van der Waals surface area contributed by atoms with E-state index in [1.807, 2.05) is 56.3 Å². The van der Waals surface area contributed by atoms with Gasteiger partial charge in [0.05, 0.1) is 6.61 Å². The SMILES string of the molecule is CCCOc1ccccc1/C=C(\C#N)C(=O)Nc1ccc(Br)cc1C. The number of anilines is 1. The third kappa shape index (κ3) is 5.20. The Hall–Kier alpha value is -2.58. The van der Waals surface area contributed by atoms with Crippen LogP contribution in [0.25, 0.3) is 6.08 Å². The minimum absolute atomic E-state index is 0.0230. The van der Waals surface area contributed by atoms with E-state index in [4.69, 9.17) is 4.74 Å². The Labute approximate surface area is 156 Å². The summed E-state index contributed by atoms with van der Waals surface area (Å²) in [6, 6.07) is 14.9. The van der Waals surface area contributed by atoms with Gasteiger partial charge in [0.2, 0.25) is 0 Å². The highest BCUT2D eigenvalue weighted by Gasteiger charge is 2.12. The number of halogens is 1. The molecule has 0 saturated heterocycles. The highest BCUT2D eigenvalue weighted by atomic mass is 79.9. The van der Waals surface area contributed by atoms with Crippen molar-refractivity contribution in [3.63, 3.8) is 0 Å². The molecule has 2 aromatic rings. The zero-order valence-corrected chi connectivity index (χ0v) is 15.8. The molecule has 0 aliphatic rings. The Morgan fingerprint density at radius 2 is 2.08 bits per heavy atom. The first-order chi connectivity index (χ1) is 12.0. The number of ether oxygens (including phenoxy) is 1. The molecule has 4 nitrogen and oxygen atoms in total. The van der Waals surface area contributed by atoms with Gasteiger partial charge in [-0.15, -0.1) is 0 Å². The average Bonchev–Trinajstić information content (AvgIpc) is 2.61. The van der Waals surface area contributed by atoms with E-state index in [2.05, 4.69) is 21.2 Å². The van der Waals surface area contributed by atoms with Crippen molar-refractivity contribution in [1.82, 2.24) is 0 Å².